The predicted molar refractivity (Wildman–Crippen MR) is 122 cm³/mol. The molecule has 0 radical (unpaired) electrons. The number of rotatable bonds is 7. The second-order valence-electron chi connectivity index (χ2n) is 10.4. The highest BCUT2D eigenvalue weighted by atomic mass is 19.3. The highest BCUT2D eigenvalue weighted by Crippen LogP contribution is 2.34. The van der Waals surface area contributed by atoms with E-state index in [1.54, 1.807) is 12.1 Å². The van der Waals surface area contributed by atoms with Crippen LogP contribution < -0.4 is 0 Å². The van der Waals surface area contributed by atoms with Gasteiger partial charge in [-0.1, -0.05) is 49.8 Å². The molecule has 2 saturated heterocycles. The van der Waals surface area contributed by atoms with Crippen molar-refractivity contribution in [1.82, 2.24) is 9.80 Å². The lowest BCUT2D eigenvalue weighted by atomic mass is 9.77. The predicted octanol–water partition coefficient (Wildman–Crippen LogP) is 6.36. The summed E-state index contributed by atoms with van der Waals surface area (Å²) in [6.07, 6.45) is 8.64. The van der Waals surface area contributed by atoms with Crippen molar-refractivity contribution in [3.05, 3.63) is 47.0 Å². The fourth-order valence-corrected chi connectivity index (χ4v) is 5.22. The smallest absolute Gasteiger partial charge is 0.270 e. The number of piperidine rings is 1. The lowest BCUT2D eigenvalue weighted by molar-refractivity contribution is 0.0174. The molecule has 1 atom stereocenters. The highest BCUT2D eigenvalue weighted by Gasteiger charge is 2.33. The average molecular weight is 419 g/mol. The van der Waals surface area contributed by atoms with E-state index in [0.29, 0.717) is 6.04 Å². The molecule has 2 fully saturated rings. The van der Waals surface area contributed by atoms with E-state index in [1.165, 1.54) is 44.3 Å². The Morgan fingerprint density at radius 3 is 2.00 bits per heavy atom. The third-order valence-electron chi connectivity index (χ3n) is 7.04. The normalized spacial score (nSPS) is 21.0. The van der Waals surface area contributed by atoms with Crippen LogP contribution in [0.4, 0.5) is 8.78 Å². The zero-order valence-electron chi connectivity index (χ0n) is 19.6. The Morgan fingerprint density at radius 1 is 0.967 bits per heavy atom. The Kier molecular flexibility index (Phi) is 7.40. The summed E-state index contributed by atoms with van der Waals surface area (Å²) >= 11 is 0. The van der Waals surface area contributed by atoms with Gasteiger partial charge in [0, 0.05) is 37.7 Å². The van der Waals surface area contributed by atoms with E-state index in [0.717, 1.165) is 38.0 Å². The first-order valence-electron chi connectivity index (χ1n) is 11.7. The van der Waals surface area contributed by atoms with Gasteiger partial charge in [0.15, 0.2) is 0 Å². The minimum Gasteiger partial charge on any atom is -0.300 e. The van der Waals surface area contributed by atoms with Gasteiger partial charge in [0.1, 0.15) is 0 Å². The van der Waals surface area contributed by atoms with Crippen LogP contribution in [0.25, 0.3) is 0 Å². The Hall–Kier alpha value is -1.26. The van der Waals surface area contributed by atoms with Crippen molar-refractivity contribution in [2.75, 3.05) is 26.2 Å². The summed E-state index contributed by atoms with van der Waals surface area (Å²) in [6, 6.07) is 8.12. The van der Waals surface area contributed by atoms with Gasteiger partial charge < -0.3 is 4.90 Å². The van der Waals surface area contributed by atoms with Crippen molar-refractivity contribution in [3.8, 4) is 0 Å². The fraction of sp³-hybridized carbons (Fsp3) is 0.692. The molecule has 0 aliphatic carbocycles. The second-order valence-corrected chi connectivity index (χ2v) is 10.4. The van der Waals surface area contributed by atoms with Crippen LogP contribution in [0.15, 0.2) is 35.9 Å². The first kappa shape index (κ1) is 23.4. The minimum atomic E-state index is -2.78. The summed E-state index contributed by atoms with van der Waals surface area (Å²) < 4.78 is 27.2. The molecule has 4 heteroatoms. The lowest BCUT2D eigenvalue weighted by Crippen LogP contribution is -2.48. The molecule has 30 heavy (non-hydrogen) atoms. The van der Waals surface area contributed by atoms with Crippen LogP contribution in [0, 0.1) is 0 Å². The van der Waals surface area contributed by atoms with E-state index in [-0.39, 0.29) is 11.0 Å². The van der Waals surface area contributed by atoms with Crippen molar-refractivity contribution in [3.63, 3.8) is 0 Å². The van der Waals surface area contributed by atoms with Gasteiger partial charge >= 0.3 is 0 Å². The van der Waals surface area contributed by atoms with Gasteiger partial charge in [0.2, 0.25) is 0 Å². The zero-order valence-corrected chi connectivity index (χ0v) is 19.6. The molecule has 2 heterocycles. The maximum atomic E-state index is 13.6. The lowest BCUT2D eigenvalue weighted by Gasteiger charge is -2.42. The molecule has 0 N–H and O–H groups in total. The van der Waals surface area contributed by atoms with Gasteiger partial charge in [-0.3, -0.25) is 4.90 Å². The largest absolute Gasteiger partial charge is 0.300 e. The molecular weight excluding hydrogens is 378 g/mol. The average Bonchev–Trinajstić information content (AvgIpc) is 3.21. The molecule has 168 valence electrons. The molecule has 2 nitrogen and oxygen atoms in total. The van der Waals surface area contributed by atoms with E-state index in [4.69, 9.17) is 0 Å². The fourth-order valence-electron chi connectivity index (χ4n) is 5.22. The molecule has 0 aromatic heterocycles. The molecule has 2 aliphatic heterocycles. The van der Waals surface area contributed by atoms with Gasteiger partial charge in [-0.25, -0.2) is 8.78 Å². The molecule has 0 amide bonds. The van der Waals surface area contributed by atoms with Gasteiger partial charge in [-0.05, 0) is 70.0 Å². The summed E-state index contributed by atoms with van der Waals surface area (Å²) in [5.41, 5.74) is 2.49. The molecular formula is C26H40F2N2. The number of likely N-dealkylation sites (tertiary alicyclic amines) is 2. The Morgan fingerprint density at radius 2 is 1.50 bits per heavy atom. The van der Waals surface area contributed by atoms with Crippen LogP contribution in [0.3, 0.4) is 0 Å². The standard InChI is InChI=1S/C26H40F2N2/c1-20(2)18-24(30-16-12-23(13-17-30)29-14-6-7-15-29)19-25(3,4)21-8-10-22(11-9-21)26(5,27)28/h8-11,18,23-24H,6-7,12-17,19H2,1-5H3. The SMILES string of the molecule is CC(C)=CC(CC(C)(C)c1ccc(C(C)(F)F)cc1)N1CCC(N2CCCC2)CC1. The molecule has 0 bridgehead atoms. The van der Waals surface area contributed by atoms with Crippen LogP contribution in [-0.2, 0) is 11.3 Å². The van der Waals surface area contributed by atoms with Gasteiger partial charge in [0.05, 0.1) is 0 Å². The van der Waals surface area contributed by atoms with Gasteiger partial charge in [-0.15, -0.1) is 0 Å². The van der Waals surface area contributed by atoms with Crippen LogP contribution in [0.2, 0.25) is 0 Å². The monoisotopic (exact) mass is 418 g/mol. The molecule has 2 aliphatic rings. The Balaban J connectivity index is 1.69. The van der Waals surface area contributed by atoms with E-state index in [9.17, 15) is 8.78 Å². The number of benzene rings is 1. The van der Waals surface area contributed by atoms with Gasteiger partial charge in [0.25, 0.3) is 5.92 Å². The number of nitrogens with zero attached hydrogens (tertiary/aromatic N) is 2. The van der Waals surface area contributed by atoms with Crippen LogP contribution in [0.1, 0.15) is 77.8 Å². The van der Waals surface area contributed by atoms with Crippen molar-refractivity contribution >= 4 is 0 Å². The van der Waals surface area contributed by atoms with E-state index < -0.39 is 5.92 Å². The molecule has 1 aromatic rings. The highest BCUT2D eigenvalue weighted by molar-refractivity contribution is 5.30. The second kappa shape index (κ2) is 9.48. The first-order valence-corrected chi connectivity index (χ1v) is 11.7. The van der Waals surface area contributed by atoms with E-state index >= 15 is 0 Å². The zero-order chi connectivity index (χ0) is 21.9. The molecule has 0 spiro atoms. The summed E-state index contributed by atoms with van der Waals surface area (Å²) in [6.45, 7) is 14.7. The number of halogens is 2. The van der Waals surface area contributed by atoms with Crippen LogP contribution in [0.5, 0.6) is 0 Å². The van der Waals surface area contributed by atoms with E-state index in [1.807, 2.05) is 12.1 Å². The number of alkyl halides is 2. The summed E-state index contributed by atoms with van der Waals surface area (Å²) in [4.78, 5) is 5.35. The number of hydrogen-bond donors (Lipinski definition) is 0. The van der Waals surface area contributed by atoms with Gasteiger partial charge in [-0.2, -0.15) is 0 Å². The Labute approximate surface area is 182 Å². The third kappa shape index (κ3) is 5.91. The van der Waals surface area contributed by atoms with Crippen LogP contribution >= 0.6 is 0 Å². The summed E-state index contributed by atoms with van der Waals surface area (Å²) in [5.74, 6) is -2.78. The third-order valence-corrected chi connectivity index (χ3v) is 7.04. The molecule has 1 aromatic carbocycles. The minimum absolute atomic E-state index is 0.0794. The van der Waals surface area contributed by atoms with Crippen molar-refractivity contribution in [2.24, 2.45) is 0 Å². The van der Waals surface area contributed by atoms with Crippen molar-refractivity contribution in [2.45, 2.75) is 90.1 Å². The number of hydrogen-bond acceptors (Lipinski definition) is 2. The molecule has 1 unspecified atom stereocenters. The topological polar surface area (TPSA) is 6.48 Å². The molecule has 0 saturated carbocycles. The maximum absolute atomic E-state index is 13.6. The van der Waals surface area contributed by atoms with Crippen molar-refractivity contribution in [1.29, 1.82) is 0 Å². The first-order chi connectivity index (χ1) is 14.1. The van der Waals surface area contributed by atoms with Crippen LogP contribution in [-0.4, -0.2) is 48.1 Å². The number of allylic oxidation sites excluding steroid dienone is 1. The van der Waals surface area contributed by atoms with E-state index in [2.05, 4.69) is 43.6 Å². The molecule has 3 rings (SSSR count). The summed E-state index contributed by atoms with van der Waals surface area (Å²) in [7, 11) is 0. The van der Waals surface area contributed by atoms with Crippen molar-refractivity contribution < 1.29 is 8.78 Å². The Bertz CT molecular complexity index is 700. The quantitative estimate of drug-likeness (QED) is 0.475. The maximum Gasteiger partial charge on any atom is 0.270 e. The summed E-state index contributed by atoms with van der Waals surface area (Å²) in [5, 5.41) is 0.